The first kappa shape index (κ1) is 17.8. The fraction of sp³-hybridized carbons (Fsp3) is 0.400. The normalized spacial score (nSPS) is 14.6. The van der Waals surface area contributed by atoms with Gasteiger partial charge < -0.3 is 4.74 Å². The van der Waals surface area contributed by atoms with E-state index in [4.69, 9.17) is 4.74 Å². The number of rotatable bonds is 8. The van der Waals surface area contributed by atoms with Crippen LogP contribution in [-0.4, -0.2) is 6.61 Å². The summed E-state index contributed by atoms with van der Waals surface area (Å²) in [5.41, 5.74) is 2.46. The Morgan fingerprint density at radius 1 is 1.17 bits per heavy atom. The van der Waals surface area contributed by atoms with Crippen LogP contribution in [0.5, 0.6) is 5.75 Å². The average Bonchev–Trinajstić information content (AvgIpc) is 3.43. The van der Waals surface area contributed by atoms with Crippen LogP contribution in [0.4, 0.5) is 0 Å². The maximum Gasteiger partial charge on any atom is 0.120 e. The molecule has 0 bridgehead atoms. The Balaban J connectivity index is 1.59. The van der Waals surface area contributed by atoms with E-state index in [1.54, 1.807) is 11.9 Å². The summed E-state index contributed by atoms with van der Waals surface area (Å²) < 4.78 is 9.45. The highest BCUT2D eigenvalue weighted by Gasteiger charge is 2.22. The van der Waals surface area contributed by atoms with Crippen LogP contribution < -0.4 is 9.46 Å². The molecule has 0 amide bonds. The van der Waals surface area contributed by atoms with E-state index >= 15 is 0 Å². The molecule has 1 N–H and O–H groups in total. The lowest BCUT2D eigenvalue weighted by molar-refractivity contribution is 0.299. The van der Waals surface area contributed by atoms with E-state index in [1.807, 2.05) is 6.07 Å². The number of benzene rings is 2. The van der Waals surface area contributed by atoms with Gasteiger partial charge in [0.15, 0.2) is 0 Å². The molecule has 2 aromatic rings. The van der Waals surface area contributed by atoms with Crippen molar-refractivity contribution >= 4 is 27.9 Å². The summed E-state index contributed by atoms with van der Waals surface area (Å²) in [7, 11) is 0. The molecule has 24 heavy (non-hydrogen) atoms. The summed E-state index contributed by atoms with van der Waals surface area (Å²) in [5, 5.41) is 0.892. The molecule has 0 saturated heterocycles. The van der Waals surface area contributed by atoms with Gasteiger partial charge in [0.25, 0.3) is 0 Å². The number of nitrogens with one attached hydrogen (secondary N) is 1. The van der Waals surface area contributed by atoms with Gasteiger partial charge in [-0.25, -0.2) is 4.72 Å². The van der Waals surface area contributed by atoms with Crippen molar-refractivity contribution in [3.8, 4) is 5.75 Å². The summed E-state index contributed by atoms with van der Waals surface area (Å²) >= 11 is 5.15. The highest BCUT2D eigenvalue weighted by molar-refractivity contribution is 9.08. The fourth-order valence-electron chi connectivity index (χ4n) is 2.38. The Kier molecular flexibility index (Phi) is 5.90. The van der Waals surface area contributed by atoms with Crippen molar-refractivity contribution in [1.29, 1.82) is 0 Å². The van der Waals surface area contributed by atoms with Crippen molar-refractivity contribution in [2.24, 2.45) is 5.92 Å². The minimum Gasteiger partial charge on any atom is -0.493 e. The largest absolute Gasteiger partial charge is 0.493 e. The Bertz CT molecular complexity index is 668. The molecular formula is C20H24BrNOS. The molecule has 3 rings (SSSR count). The Hall–Kier alpha value is -0.970. The van der Waals surface area contributed by atoms with Crippen molar-refractivity contribution in [2.75, 3.05) is 6.61 Å². The smallest absolute Gasteiger partial charge is 0.120 e. The molecule has 0 atom stereocenters. The van der Waals surface area contributed by atoms with Crippen LogP contribution in [0.25, 0.3) is 0 Å². The lowest BCUT2D eigenvalue weighted by atomic mass is 9.95. The maximum atomic E-state index is 5.87. The van der Waals surface area contributed by atoms with Gasteiger partial charge >= 0.3 is 0 Å². The monoisotopic (exact) mass is 405 g/mol. The summed E-state index contributed by atoms with van der Waals surface area (Å²) in [6.45, 7) is 5.26. The molecule has 4 heteroatoms. The Morgan fingerprint density at radius 2 is 1.92 bits per heavy atom. The molecule has 2 aromatic carbocycles. The van der Waals surface area contributed by atoms with E-state index in [1.165, 1.54) is 28.9 Å². The lowest BCUT2D eigenvalue weighted by Gasteiger charge is -2.26. The highest BCUT2D eigenvalue weighted by atomic mass is 79.9. The molecule has 1 aliphatic rings. The van der Waals surface area contributed by atoms with Gasteiger partial charge in [-0.05, 0) is 73.9 Å². The lowest BCUT2D eigenvalue weighted by Crippen LogP contribution is -2.31. The van der Waals surface area contributed by atoms with Gasteiger partial charge in [-0.2, -0.15) is 0 Å². The van der Waals surface area contributed by atoms with E-state index in [-0.39, 0.29) is 5.54 Å². The van der Waals surface area contributed by atoms with Gasteiger partial charge in [-0.3, -0.25) is 0 Å². The SMILES string of the molecule is CC(C)(NSc1cccc(OCC2CC2)c1)c1ccc(CBr)cc1. The molecular weight excluding hydrogens is 382 g/mol. The fourth-order valence-corrected chi connectivity index (χ4v) is 3.57. The van der Waals surface area contributed by atoms with Gasteiger partial charge in [0.2, 0.25) is 0 Å². The van der Waals surface area contributed by atoms with Crippen LogP contribution in [0.3, 0.4) is 0 Å². The summed E-state index contributed by atoms with van der Waals surface area (Å²) in [4.78, 5) is 1.17. The van der Waals surface area contributed by atoms with E-state index in [9.17, 15) is 0 Å². The van der Waals surface area contributed by atoms with E-state index in [0.29, 0.717) is 0 Å². The van der Waals surface area contributed by atoms with Crippen LogP contribution in [0.15, 0.2) is 53.4 Å². The topological polar surface area (TPSA) is 21.3 Å². The highest BCUT2D eigenvalue weighted by Crippen LogP contribution is 2.31. The molecule has 0 unspecified atom stereocenters. The standard InChI is InChI=1S/C20H24BrNOS/c1-20(2,17-10-8-15(13-21)9-11-17)22-24-19-5-3-4-18(12-19)23-14-16-6-7-16/h3-5,8-12,16,22H,6-7,13-14H2,1-2H3. The third-order valence-electron chi connectivity index (χ3n) is 4.24. The molecule has 0 heterocycles. The first-order valence-electron chi connectivity index (χ1n) is 8.39. The van der Waals surface area contributed by atoms with Crippen molar-refractivity contribution in [2.45, 2.75) is 42.5 Å². The van der Waals surface area contributed by atoms with Crippen LogP contribution >= 0.6 is 27.9 Å². The third-order valence-corrected chi connectivity index (χ3v) is 5.99. The van der Waals surface area contributed by atoms with Gasteiger partial charge in [-0.15, -0.1) is 0 Å². The molecule has 1 fully saturated rings. The van der Waals surface area contributed by atoms with Gasteiger partial charge in [0, 0.05) is 15.8 Å². The predicted molar refractivity (Wildman–Crippen MR) is 106 cm³/mol. The zero-order chi connectivity index (χ0) is 17.0. The molecule has 0 spiro atoms. The molecule has 1 aliphatic carbocycles. The van der Waals surface area contributed by atoms with Gasteiger partial charge in [-0.1, -0.05) is 46.3 Å². The first-order chi connectivity index (χ1) is 11.6. The summed E-state index contributed by atoms with van der Waals surface area (Å²) in [6, 6.07) is 17.1. The minimum atomic E-state index is -0.111. The molecule has 128 valence electrons. The number of alkyl halides is 1. The van der Waals surface area contributed by atoms with Gasteiger partial charge in [0.1, 0.15) is 5.75 Å². The number of hydrogen-bond acceptors (Lipinski definition) is 3. The molecule has 0 aliphatic heterocycles. The van der Waals surface area contributed by atoms with Crippen LogP contribution in [-0.2, 0) is 10.9 Å². The molecule has 2 nitrogen and oxygen atoms in total. The molecule has 0 radical (unpaired) electrons. The number of ether oxygens (including phenoxy) is 1. The Labute approximate surface area is 157 Å². The predicted octanol–water partition coefficient (Wildman–Crippen LogP) is 5.90. The number of hydrogen-bond donors (Lipinski definition) is 1. The second-order valence-electron chi connectivity index (χ2n) is 6.89. The Morgan fingerprint density at radius 3 is 2.58 bits per heavy atom. The minimum absolute atomic E-state index is 0.111. The number of halogens is 1. The maximum absolute atomic E-state index is 5.87. The van der Waals surface area contributed by atoms with E-state index in [2.05, 4.69) is 77.0 Å². The summed E-state index contributed by atoms with van der Waals surface area (Å²) in [6.07, 6.45) is 2.64. The van der Waals surface area contributed by atoms with Crippen LogP contribution in [0.2, 0.25) is 0 Å². The van der Waals surface area contributed by atoms with Crippen molar-refractivity contribution in [3.63, 3.8) is 0 Å². The second kappa shape index (κ2) is 7.94. The van der Waals surface area contributed by atoms with E-state index in [0.717, 1.165) is 23.6 Å². The van der Waals surface area contributed by atoms with Crippen molar-refractivity contribution in [1.82, 2.24) is 4.72 Å². The first-order valence-corrected chi connectivity index (χ1v) is 10.3. The van der Waals surface area contributed by atoms with Crippen LogP contribution in [0.1, 0.15) is 37.8 Å². The quantitative estimate of drug-likeness (QED) is 0.436. The van der Waals surface area contributed by atoms with Crippen LogP contribution in [0, 0.1) is 5.92 Å². The second-order valence-corrected chi connectivity index (χ2v) is 8.33. The van der Waals surface area contributed by atoms with Crippen molar-refractivity contribution < 1.29 is 4.74 Å². The summed E-state index contributed by atoms with van der Waals surface area (Å²) in [5.74, 6) is 1.74. The zero-order valence-electron chi connectivity index (χ0n) is 14.2. The van der Waals surface area contributed by atoms with Gasteiger partial charge in [0.05, 0.1) is 6.61 Å². The molecule has 1 saturated carbocycles. The zero-order valence-corrected chi connectivity index (χ0v) is 16.6. The molecule has 0 aromatic heterocycles. The van der Waals surface area contributed by atoms with Crippen molar-refractivity contribution in [3.05, 3.63) is 59.7 Å². The van der Waals surface area contributed by atoms with E-state index < -0.39 is 0 Å². The third kappa shape index (κ3) is 5.01. The average molecular weight is 406 g/mol.